The van der Waals surface area contributed by atoms with Crippen LogP contribution in [0.3, 0.4) is 0 Å². The first-order valence-corrected chi connectivity index (χ1v) is 10.3. The van der Waals surface area contributed by atoms with Crippen molar-refractivity contribution in [1.29, 1.82) is 0 Å². The average Bonchev–Trinajstić information content (AvgIpc) is 2.45. The van der Waals surface area contributed by atoms with Crippen LogP contribution in [0.25, 0.3) is 0 Å². The maximum absolute atomic E-state index is 10.7. The van der Waals surface area contributed by atoms with Crippen LogP contribution < -0.4 is 11.5 Å². The molecule has 2 aromatic rings. The van der Waals surface area contributed by atoms with Gasteiger partial charge in [0, 0.05) is 0 Å². The first kappa shape index (κ1) is 26.7. The quantitative estimate of drug-likeness (QED) is 0.373. The van der Waals surface area contributed by atoms with Crippen LogP contribution in [0.15, 0.2) is 34.1 Å². The van der Waals surface area contributed by atoms with E-state index in [-0.39, 0.29) is 59.2 Å². The third-order valence-corrected chi connectivity index (χ3v) is 5.92. The molecule has 2 rings (SSSR count). The molecule has 2 aromatic carbocycles. The Kier molecular flexibility index (Phi) is 9.84. The molecular weight excluding hydrogens is 467 g/mol. The minimum Gasteiger partial charge on any atom is -0.744 e. The topological polar surface area (TPSA) is 166 Å². The van der Waals surface area contributed by atoms with Crippen molar-refractivity contribution < 1.29 is 25.9 Å². The maximum atomic E-state index is 10.7. The summed E-state index contributed by atoms with van der Waals surface area (Å²) in [4.78, 5) is -0.861. The van der Waals surface area contributed by atoms with Gasteiger partial charge in [0.25, 0.3) is 0 Å². The molecule has 0 aliphatic heterocycles. The second-order valence-corrected chi connectivity index (χ2v) is 8.57. The summed E-state index contributed by atoms with van der Waals surface area (Å²) in [7, 11) is -9.09. The standard InChI is InChI=1S/2C7H8ClNO3S.Ca/c2*1-4-2-3-5(8)6(9)7(4)13(10,11)12;/h2*2-3H,9H2,1H3,(H,10,11,12);/q;;+2/p-2. The number of rotatable bonds is 2. The monoisotopic (exact) mass is 480 g/mol. The summed E-state index contributed by atoms with van der Waals surface area (Å²) in [6.07, 6.45) is 0. The van der Waals surface area contributed by atoms with Crippen LogP contribution in [0.2, 0.25) is 10.0 Å². The van der Waals surface area contributed by atoms with E-state index in [1.54, 1.807) is 0 Å². The molecule has 0 spiro atoms. The zero-order valence-electron chi connectivity index (χ0n) is 14.2. The van der Waals surface area contributed by atoms with Crippen LogP contribution in [-0.4, -0.2) is 63.7 Å². The van der Waals surface area contributed by atoms with E-state index < -0.39 is 30.0 Å². The summed E-state index contributed by atoms with van der Waals surface area (Å²) in [6, 6.07) is 5.76. The molecule has 0 aliphatic carbocycles. The van der Waals surface area contributed by atoms with Gasteiger partial charge in [-0.25, -0.2) is 16.8 Å². The molecule has 27 heavy (non-hydrogen) atoms. The normalized spacial score (nSPS) is 11.2. The Morgan fingerprint density at radius 2 is 1.00 bits per heavy atom. The molecule has 0 heterocycles. The largest absolute Gasteiger partial charge is 2.00 e. The van der Waals surface area contributed by atoms with Gasteiger partial charge in [-0.05, 0) is 37.1 Å². The Hall–Kier alpha value is -0.300. The summed E-state index contributed by atoms with van der Waals surface area (Å²) in [6.45, 7) is 2.97. The van der Waals surface area contributed by atoms with Crippen molar-refractivity contribution in [3.05, 3.63) is 45.4 Å². The second kappa shape index (κ2) is 9.95. The van der Waals surface area contributed by atoms with E-state index in [1.807, 2.05) is 0 Å². The van der Waals surface area contributed by atoms with Gasteiger partial charge in [-0.15, -0.1) is 0 Å². The molecule has 0 saturated carbocycles. The van der Waals surface area contributed by atoms with E-state index >= 15 is 0 Å². The Morgan fingerprint density at radius 3 is 1.19 bits per heavy atom. The van der Waals surface area contributed by atoms with E-state index in [4.69, 9.17) is 34.7 Å². The van der Waals surface area contributed by atoms with Gasteiger partial charge < -0.3 is 20.6 Å². The summed E-state index contributed by atoms with van der Waals surface area (Å²) in [5.41, 5.74) is 11.0. The summed E-state index contributed by atoms with van der Waals surface area (Å²) in [5, 5.41) is 0.139. The van der Waals surface area contributed by atoms with Crippen molar-refractivity contribution >= 4 is 92.6 Å². The van der Waals surface area contributed by atoms with E-state index in [2.05, 4.69) is 0 Å². The van der Waals surface area contributed by atoms with Crippen LogP contribution in [0.5, 0.6) is 0 Å². The fraction of sp³-hybridized carbons (Fsp3) is 0.143. The van der Waals surface area contributed by atoms with Gasteiger partial charge in [0.2, 0.25) is 0 Å². The van der Waals surface area contributed by atoms with Crippen LogP contribution in [0.1, 0.15) is 11.1 Å². The molecule has 0 bridgehead atoms. The van der Waals surface area contributed by atoms with Gasteiger partial charge in [0.15, 0.2) is 0 Å². The molecule has 13 heteroatoms. The molecule has 0 amide bonds. The second-order valence-electron chi connectivity index (χ2n) is 5.12. The first-order valence-electron chi connectivity index (χ1n) is 6.68. The zero-order valence-corrected chi connectivity index (χ0v) is 19.5. The Labute approximate surface area is 197 Å². The van der Waals surface area contributed by atoms with E-state index in [1.165, 1.54) is 38.1 Å². The maximum Gasteiger partial charge on any atom is 2.00 e. The Morgan fingerprint density at radius 1 is 0.741 bits per heavy atom. The molecule has 144 valence electrons. The SMILES string of the molecule is Cc1ccc(Cl)c(N)c1S(=O)(=O)[O-].Cc1ccc(Cl)c(N)c1S(=O)(=O)[O-].[Ca+2]. The third-order valence-electron chi connectivity index (χ3n) is 3.18. The van der Waals surface area contributed by atoms with Crippen molar-refractivity contribution in [2.24, 2.45) is 0 Å². The number of anilines is 2. The molecule has 8 nitrogen and oxygen atoms in total. The molecule has 0 fully saturated rings. The van der Waals surface area contributed by atoms with Gasteiger partial charge in [-0.1, -0.05) is 35.3 Å². The van der Waals surface area contributed by atoms with Crippen LogP contribution in [-0.2, 0) is 20.2 Å². The summed E-state index contributed by atoms with van der Waals surface area (Å²) in [5.74, 6) is 0. The van der Waals surface area contributed by atoms with Crippen molar-refractivity contribution in [2.75, 3.05) is 11.5 Å². The molecule has 0 radical (unpaired) electrons. The van der Waals surface area contributed by atoms with Gasteiger partial charge in [0.1, 0.15) is 20.2 Å². The smallest absolute Gasteiger partial charge is 0.744 e. The molecule has 0 unspecified atom stereocenters. The number of aryl methyl sites for hydroxylation is 2. The van der Waals surface area contributed by atoms with Crippen LogP contribution >= 0.6 is 23.2 Å². The Balaban J connectivity index is 0.000000483. The fourth-order valence-corrected chi connectivity index (χ4v) is 4.14. The molecular formula is C14H14CaCl2N2O6S2. The van der Waals surface area contributed by atoms with Crippen LogP contribution in [0.4, 0.5) is 11.4 Å². The summed E-state index contributed by atoms with van der Waals surface area (Å²) >= 11 is 11.1. The average molecular weight is 481 g/mol. The van der Waals surface area contributed by atoms with Gasteiger partial charge in [-0.2, -0.15) is 0 Å². The first-order chi connectivity index (χ1) is 11.7. The summed E-state index contributed by atoms with van der Waals surface area (Å²) < 4.78 is 64.4. The number of halogens is 2. The molecule has 0 aliphatic rings. The van der Waals surface area contributed by atoms with Crippen LogP contribution in [0, 0.1) is 13.8 Å². The van der Waals surface area contributed by atoms with Gasteiger partial charge >= 0.3 is 37.7 Å². The molecule has 0 saturated heterocycles. The van der Waals surface area contributed by atoms with Gasteiger partial charge in [-0.3, -0.25) is 0 Å². The van der Waals surface area contributed by atoms with E-state index in [9.17, 15) is 25.9 Å². The number of nitrogen functional groups attached to an aromatic ring is 2. The zero-order chi connectivity index (χ0) is 20.4. The number of hydrogen-bond acceptors (Lipinski definition) is 8. The third kappa shape index (κ3) is 6.91. The number of benzene rings is 2. The Bertz CT molecular complexity index is 974. The predicted octanol–water partition coefficient (Wildman–Crippen LogP) is 1.89. The van der Waals surface area contributed by atoms with Crippen molar-refractivity contribution in [3.63, 3.8) is 0 Å². The number of nitrogens with two attached hydrogens (primary N) is 2. The van der Waals surface area contributed by atoms with Crippen molar-refractivity contribution in [2.45, 2.75) is 23.6 Å². The predicted molar refractivity (Wildman–Crippen MR) is 103 cm³/mol. The molecule has 0 aromatic heterocycles. The van der Waals surface area contributed by atoms with Gasteiger partial charge in [0.05, 0.1) is 31.2 Å². The minimum atomic E-state index is -4.55. The molecule has 4 N–H and O–H groups in total. The van der Waals surface area contributed by atoms with Crippen molar-refractivity contribution in [3.8, 4) is 0 Å². The van der Waals surface area contributed by atoms with Crippen molar-refractivity contribution in [1.82, 2.24) is 0 Å². The fourth-order valence-electron chi connectivity index (χ4n) is 2.03. The van der Waals surface area contributed by atoms with E-state index in [0.717, 1.165) is 0 Å². The minimum absolute atomic E-state index is 0. The molecule has 0 atom stereocenters. The van der Waals surface area contributed by atoms with E-state index in [0.29, 0.717) is 11.1 Å². The number of hydrogen-bond donors (Lipinski definition) is 2.